The molecule has 2 aromatic carbocycles. The van der Waals surface area contributed by atoms with Crippen LogP contribution in [0.5, 0.6) is 0 Å². The van der Waals surface area contributed by atoms with Crippen LogP contribution < -0.4 is 0 Å². The quantitative estimate of drug-likeness (QED) is 0.688. The van der Waals surface area contributed by atoms with Gasteiger partial charge in [0, 0.05) is 0 Å². The Balaban J connectivity index is 2.08. The summed E-state index contributed by atoms with van der Waals surface area (Å²) in [5.74, 6) is -0.860. The number of carbonyl (C=O) groups excluding carboxylic acids is 1. The maximum absolute atomic E-state index is 14.1. The average molecular weight is 280 g/mol. The van der Waals surface area contributed by atoms with Gasteiger partial charge in [0.1, 0.15) is 11.5 Å². The Morgan fingerprint density at radius 3 is 2.57 bits per heavy atom. The van der Waals surface area contributed by atoms with E-state index in [1.54, 1.807) is 25.1 Å². The highest BCUT2D eigenvalue weighted by Gasteiger charge is 2.19. The standard InChI is InChI=1S/C17H13FN2O/c1-12-6-5-9-14(16(12)18)17(21)15-10-11-19-20(15)13-7-3-2-4-8-13/h2-11H,1H3. The molecule has 0 saturated heterocycles. The van der Waals surface area contributed by atoms with E-state index >= 15 is 0 Å². The van der Waals surface area contributed by atoms with Gasteiger partial charge in [0.05, 0.1) is 17.4 Å². The Morgan fingerprint density at radius 2 is 1.81 bits per heavy atom. The van der Waals surface area contributed by atoms with Gasteiger partial charge in [0.15, 0.2) is 0 Å². The lowest BCUT2D eigenvalue weighted by Crippen LogP contribution is -2.12. The minimum atomic E-state index is -0.483. The average Bonchev–Trinajstić information content (AvgIpc) is 3.00. The number of halogens is 1. The van der Waals surface area contributed by atoms with Gasteiger partial charge in [0.2, 0.25) is 5.78 Å². The molecule has 0 saturated carbocycles. The molecule has 0 aliphatic carbocycles. The van der Waals surface area contributed by atoms with Crippen LogP contribution in [0.1, 0.15) is 21.6 Å². The summed E-state index contributed by atoms with van der Waals surface area (Å²) in [5, 5.41) is 4.16. The Morgan fingerprint density at radius 1 is 1.05 bits per heavy atom. The highest BCUT2D eigenvalue weighted by atomic mass is 19.1. The van der Waals surface area contributed by atoms with Gasteiger partial charge in [-0.3, -0.25) is 4.79 Å². The maximum atomic E-state index is 14.1. The van der Waals surface area contributed by atoms with Gasteiger partial charge in [-0.15, -0.1) is 0 Å². The van der Waals surface area contributed by atoms with E-state index in [2.05, 4.69) is 5.10 Å². The number of hydrogen-bond acceptors (Lipinski definition) is 2. The molecule has 0 fully saturated rings. The number of aryl methyl sites for hydroxylation is 1. The molecule has 1 aromatic heterocycles. The van der Waals surface area contributed by atoms with Crippen LogP contribution in [0.15, 0.2) is 60.8 Å². The smallest absolute Gasteiger partial charge is 0.214 e. The normalized spacial score (nSPS) is 10.6. The lowest BCUT2D eigenvalue weighted by atomic mass is 10.0. The molecule has 0 unspecified atom stereocenters. The molecule has 3 aromatic rings. The second kappa shape index (κ2) is 5.32. The van der Waals surface area contributed by atoms with Gasteiger partial charge in [-0.2, -0.15) is 5.10 Å². The lowest BCUT2D eigenvalue weighted by molar-refractivity contribution is 0.102. The van der Waals surface area contributed by atoms with E-state index in [1.165, 1.54) is 16.9 Å². The Bertz CT molecular complexity index is 794. The van der Waals surface area contributed by atoms with E-state index in [0.717, 1.165) is 5.69 Å². The molecule has 1 heterocycles. The fourth-order valence-electron chi connectivity index (χ4n) is 2.21. The van der Waals surface area contributed by atoms with Crippen molar-refractivity contribution in [1.29, 1.82) is 0 Å². The molecule has 3 rings (SSSR count). The molecule has 0 amide bonds. The first-order valence-electron chi connectivity index (χ1n) is 6.58. The molecule has 0 radical (unpaired) electrons. The van der Waals surface area contributed by atoms with E-state index in [9.17, 15) is 9.18 Å². The summed E-state index contributed by atoms with van der Waals surface area (Å²) in [5.41, 5.74) is 1.61. The fourth-order valence-corrected chi connectivity index (χ4v) is 2.21. The summed E-state index contributed by atoms with van der Waals surface area (Å²) in [6.07, 6.45) is 1.54. The van der Waals surface area contributed by atoms with Crippen LogP contribution in [0.2, 0.25) is 0 Å². The number of benzene rings is 2. The zero-order valence-electron chi connectivity index (χ0n) is 11.5. The molecule has 0 N–H and O–H groups in total. The van der Waals surface area contributed by atoms with Gasteiger partial charge in [0.25, 0.3) is 0 Å². The first-order chi connectivity index (χ1) is 10.2. The van der Waals surface area contributed by atoms with Crippen LogP contribution in [-0.4, -0.2) is 15.6 Å². The number of hydrogen-bond donors (Lipinski definition) is 0. The molecular weight excluding hydrogens is 267 g/mol. The lowest BCUT2D eigenvalue weighted by Gasteiger charge is -2.08. The third kappa shape index (κ3) is 2.36. The maximum Gasteiger partial charge on any atom is 0.214 e. The van der Waals surface area contributed by atoms with Crippen molar-refractivity contribution < 1.29 is 9.18 Å². The van der Waals surface area contributed by atoms with Crippen molar-refractivity contribution in [3.63, 3.8) is 0 Å². The van der Waals surface area contributed by atoms with Crippen LogP contribution in [0.3, 0.4) is 0 Å². The molecule has 0 bridgehead atoms. The molecule has 104 valence electrons. The largest absolute Gasteiger partial charge is 0.287 e. The highest BCUT2D eigenvalue weighted by Crippen LogP contribution is 2.18. The molecule has 4 heteroatoms. The topological polar surface area (TPSA) is 34.9 Å². The summed E-state index contributed by atoms with van der Waals surface area (Å²) >= 11 is 0. The molecule has 21 heavy (non-hydrogen) atoms. The van der Waals surface area contributed by atoms with Crippen molar-refractivity contribution >= 4 is 5.78 Å². The van der Waals surface area contributed by atoms with Gasteiger partial charge >= 0.3 is 0 Å². The van der Waals surface area contributed by atoms with Crippen molar-refractivity contribution in [2.75, 3.05) is 0 Å². The van der Waals surface area contributed by atoms with E-state index in [1.807, 2.05) is 30.3 Å². The first-order valence-corrected chi connectivity index (χ1v) is 6.58. The van der Waals surface area contributed by atoms with Gasteiger partial charge in [-0.05, 0) is 36.8 Å². The molecule has 0 aliphatic rings. The van der Waals surface area contributed by atoms with Gasteiger partial charge in [-0.25, -0.2) is 9.07 Å². The molecule has 0 atom stereocenters. The van der Waals surface area contributed by atoms with E-state index < -0.39 is 5.82 Å². The number of carbonyl (C=O) groups is 1. The third-order valence-corrected chi connectivity index (χ3v) is 3.31. The number of rotatable bonds is 3. The molecule has 3 nitrogen and oxygen atoms in total. The number of nitrogens with zero attached hydrogens (tertiary/aromatic N) is 2. The second-order valence-electron chi connectivity index (χ2n) is 4.73. The minimum Gasteiger partial charge on any atom is -0.287 e. The Labute approximate surface area is 121 Å². The summed E-state index contributed by atoms with van der Waals surface area (Å²) in [6, 6.07) is 15.7. The van der Waals surface area contributed by atoms with Crippen molar-refractivity contribution in [3.05, 3.63) is 83.4 Å². The number of aromatic nitrogens is 2. The second-order valence-corrected chi connectivity index (χ2v) is 4.73. The molecule has 0 aliphatic heterocycles. The van der Waals surface area contributed by atoms with Gasteiger partial charge < -0.3 is 0 Å². The summed E-state index contributed by atoms with van der Waals surface area (Å²) < 4.78 is 15.6. The van der Waals surface area contributed by atoms with Crippen LogP contribution in [-0.2, 0) is 0 Å². The van der Waals surface area contributed by atoms with Crippen molar-refractivity contribution in [1.82, 2.24) is 9.78 Å². The monoisotopic (exact) mass is 280 g/mol. The highest BCUT2D eigenvalue weighted by molar-refractivity contribution is 6.08. The third-order valence-electron chi connectivity index (χ3n) is 3.31. The summed E-state index contributed by atoms with van der Waals surface area (Å²) in [4.78, 5) is 12.6. The van der Waals surface area contributed by atoms with Crippen LogP contribution in [0.25, 0.3) is 5.69 Å². The summed E-state index contributed by atoms with van der Waals surface area (Å²) in [7, 11) is 0. The van der Waals surface area contributed by atoms with E-state index in [0.29, 0.717) is 11.3 Å². The predicted molar refractivity (Wildman–Crippen MR) is 78.1 cm³/mol. The van der Waals surface area contributed by atoms with E-state index in [-0.39, 0.29) is 11.3 Å². The Kier molecular flexibility index (Phi) is 3.36. The number of para-hydroxylation sites is 1. The zero-order valence-corrected chi connectivity index (χ0v) is 11.5. The van der Waals surface area contributed by atoms with Crippen LogP contribution >= 0.6 is 0 Å². The molecular formula is C17H13FN2O. The van der Waals surface area contributed by atoms with Crippen LogP contribution in [0.4, 0.5) is 4.39 Å². The zero-order chi connectivity index (χ0) is 14.8. The van der Waals surface area contributed by atoms with E-state index in [4.69, 9.17) is 0 Å². The van der Waals surface area contributed by atoms with Crippen molar-refractivity contribution in [2.24, 2.45) is 0 Å². The first kappa shape index (κ1) is 13.2. The fraction of sp³-hybridized carbons (Fsp3) is 0.0588. The Hall–Kier alpha value is -2.75. The molecule has 0 spiro atoms. The summed E-state index contributed by atoms with van der Waals surface area (Å²) in [6.45, 7) is 1.64. The SMILES string of the molecule is Cc1cccc(C(=O)c2ccnn2-c2ccccc2)c1F. The van der Waals surface area contributed by atoms with Crippen LogP contribution in [0, 0.1) is 12.7 Å². The predicted octanol–water partition coefficient (Wildman–Crippen LogP) is 3.55. The van der Waals surface area contributed by atoms with Crippen molar-refractivity contribution in [2.45, 2.75) is 6.92 Å². The van der Waals surface area contributed by atoms with Crippen molar-refractivity contribution in [3.8, 4) is 5.69 Å². The minimum absolute atomic E-state index is 0.0627. The van der Waals surface area contributed by atoms with Gasteiger partial charge in [-0.1, -0.05) is 30.3 Å². The number of ketones is 1.